The zero-order chi connectivity index (χ0) is 17.8. The third kappa shape index (κ3) is 4.17. The summed E-state index contributed by atoms with van der Waals surface area (Å²) in [6, 6.07) is 5.27. The first-order valence-corrected chi connectivity index (χ1v) is 8.27. The molecule has 132 valence electrons. The number of rotatable bonds is 6. The van der Waals surface area contributed by atoms with E-state index in [2.05, 4.69) is 20.6 Å². The fourth-order valence-corrected chi connectivity index (χ4v) is 2.75. The monoisotopic (exact) mass is 341 g/mol. The van der Waals surface area contributed by atoms with Crippen LogP contribution < -0.4 is 20.3 Å². The number of carbonyl (C=O) groups excluding carboxylic acids is 1. The molecule has 2 aromatic rings. The van der Waals surface area contributed by atoms with Crippen LogP contribution in [0.5, 0.6) is 5.88 Å². The maximum atomic E-state index is 12.5. The third-order valence-electron chi connectivity index (χ3n) is 4.24. The van der Waals surface area contributed by atoms with Gasteiger partial charge in [0.05, 0.1) is 30.7 Å². The van der Waals surface area contributed by atoms with E-state index < -0.39 is 0 Å². The number of nitrogens with zero attached hydrogens (tertiary/aromatic N) is 3. The molecule has 1 saturated carbocycles. The van der Waals surface area contributed by atoms with E-state index in [4.69, 9.17) is 4.74 Å². The van der Waals surface area contributed by atoms with E-state index in [1.54, 1.807) is 31.8 Å². The van der Waals surface area contributed by atoms with E-state index >= 15 is 0 Å². The van der Waals surface area contributed by atoms with Gasteiger partial charge in [-0.1, -0.05) is 6.07 Å². The first-order chi connectivity index (χ1) is 12.1. The summed E-state index contributed by atoms with van der Waals surface area (Å²) in [6.07, 6.45) is 7.36. The molecule has 2 N–H and O–H groups in total. The van der Waals surface area contributed by atoms with Gasteiger partial charge in [-0.2, -0.15) is 0 Å². The molecule has 0 aromatic carbocycles. The molecule has 1 atom stereocenters. The van der Waals surface area contributed by atoms with Gasteiger partial charge in [0.2, 0.25) is 5.88 Å². The SMILES string of the molecule is COc1ccc(C(NC(=O)Nc2ccncc2N(C)C)C2CC2)cn1. The van der Waals surface area contributed by atoms with Crippen molar-refractivity contribution in [2.24, 2.45) is 5.92 Å². The van der Waals surface area contributed by atoms with Crippen molar-refractivity contribution in [1.82, 2.24) is 15.3 Å². The number of anilines is 2. The standard InChI is InChI=1S/C18H23N5O2/c1-23(2)15-11-19-9-8-14(15)21-18(24)22-17(12-4-5-12)13-6-7-16(25-3)20-10-13/h6-12,17H,4-5H2,1-3H3,(H2,19,21,22,24). The summed E-state index contributed by atoms with van der Waals surface area (Å²) < 4.78 is 5.10. The van der Waals surface area contributed by atoms with E-state index in [1.807, 2.05) is 31.1 Å². The predicted molar refractivity (Wildman–Crippen MR) is 97.0 cm³/mol. The van der Waals surface area contributed by atoms with Crippen molar-refractivity contribution in [3.05, 3.63) is 42.4 Å². The lowest BCUT2D eigenvalue weighted by molar-refractivity contribution is 0.247. The van der Waals surface area contributed by atoms with Crippen molar-refractivity contribution in [3.63, 3.8) is 0 Å². The van der Waals surface area contributed by atoms with Crippen molar-refractivity contribution in [1.29, 1.82) is 0 Å². The second-order valence-electron chi connectivity index (χ2n) is 6.33. The lowest BCUT2D eigenvalue weighted by Crippen LogP contribution is -2.34. The van der Waals surface area contributed by atoms with Crippen LogP contribution >= 0.6 is 0 Å². The van der Waals surface area contributed by atoms with Gasteiger partial charge in [-0.25, -0.2) is 9.78 Å². The van der Waals surface area contributed by atoms with Gasteiger partial charge in [0.15, 0.2) is 0 Å². The summed E-state index contributed by atoms with van der Waals surface area (Å²) in [6.45, 7) is 0. The Kier molecular flexibility index (Phi) is 5.02. The first-order valence-electron chi connectivity index (χ1n) is 8.27. The normalized spacial score (nSPS) is 14.5. The Bertz CT molecular complexity index is 729. The van der Waals surface area contributed by atoms with Crippen molar-refractivity contribution in [3.8, 4) is 5.88 Å². The van der Waals surface area contributed by atoms with E-state index in [0.29, 0.717) is 11.8 Å². The Hall–Kier alpha value is -2.83. The Balaban J connectivity index is 1.71. The van der Waals surface area contributed by atoms with Gasteiger partial charge < -0.3 is 20.3 Å². The van der Waals surface area contributed by atoms with Crippen LogP contribution in [0.25, 0.3) is 0 Å². The number of hydrogen-bond acceptors (Lipinski definition) is 5. The zero-order valence-electron chi connectivity index (χ0n) is 14.7. The zero-order valence-corrected chi connectivity index (χ0v) is 14.7. The van der Waals surface area contributed by atoms with Crippen LogP contribution in [-0.2, 0) is 0 Å². The summed E-state index contributed by atoms with van der Waals surface area (Å²) in [7, 11) is 5.41. The van der Waals surface area contributed by atoms with Gasteiger partial charge in [0.1, 0.15) is 0 Å². The molecule has 2 amide bonds. The molecule has 1 aliphatic rings. The summed E-state index contributed by atoms with van der Waals surface area (Å²) in [5, 5.41) is 6.00. The molecule has 1 unspecified atom stereocenters. The quantitative estimate of drug-likeness (QED) is 0.844. The molecule has 0 saturated heterocycles. The predicted octanol–water partition coefficient (Wildman–Crippen LogP) is 2.82. The van der Waals surface area contributed by atoms with Gasteiger partial charge in [-0.15, -0.1) is 0 Å². The molecule has 0 spiro atoms. The minimum Gasteiger partial charge on any atom is -0.481 e. The number of pyridine rings is 2. The average molecular weight is 341 g/mol. The third-order valence-corrected chi connectivity index (χ3v) is 4.24. The number of nitrogens with one attached hydrogen (secondary N) is 2. The van der Waals surface area contributed by atoms with Crippen molar-refractivity contribution in [2.75, 3.05) is 31.4 Å². The molecular formula is C18H23N5O2. The molecule has 7 nitrogen and oxygen atoms in total. The molecule has 1 fully saturated rings. The second kappa shape index (κ2) is 7.38. The van der Waals surface area contributed by atoms with Gasteiger partial charge in [-0.3, -0.25) is 4.98 Å². The smallest absolute Gasteiger partial charge is 0.319 e. The summed E-state index contributed by atoms with van der Waals surface area (Å²) >= 11 is 0. The lowest BCUT2D eigenvalue weighted by atomic mass is 10.0. The van der Waals surface area contributed by atoms with Gasteiger partial charge in [0, 0.05) is 32.6 Å². The molecule has 3 rings (SSSR count). The number of methoxy groups -OCH3 is 1. The van der Waals surface area contributed by atoms with Crippen LogP contribution in [0.15, 0.2) is 36.8 Å². The maximum Gasteiger partial charge on any atom is 0.319 e. The van der Waals surface area contributed by atoms with Crippen LogP contribution in [0.1, 0.15) is 24.4 Å². The molecule has 1 aliphatic carbocycles. The highest BCUT2D eigenvalue weighted by molar-refractivity contribution is 5.93. The molecule has 2 aromatic heterocycles. The van der Waals surface area contributed by atoms with Crippen LogP contribution in [0.4, 0.5) is 16.2 Å². The summed E-state index contributed by atoms with van der Waals surface area (Å²) in [5.74, 6) is 1.02. The van der Waals surface area contributed by atoms with Crippen LogP contribution in [0.3, 0.4) is 0 Å². The number of amides is 2. The fraction of sp³-hybridized carbons (Fsp3) is 0.389. The highest BCUT2D eigenvalue weighted by Crippen LogP contribution is 2.41. The average Bonchev–Trinajstić information content (AvgIpc) is 3.45. The molecular weight excluding hydrogens is 318 g/mol. The van der Waals surface area contributed by atoms with E-state index in [9.17, 15) is 4.79 Å². The fourth-order valence-electron chi connectivity index (χ4n) is 2.75. The van der Waals surface area contributed by atoms with Crippen molar-refractivity contribution >= 4 is 17.4 Å². The highest BCUT2D eigenvalue weighted by Gasteiger charge is 2.33. The molecule has 0 bridgehead atoms. The topological polar surface area (TPSA) is 79.4 Å². The molecule has 25 heavy (non-hydrogen) atoms. The number of hydrogen-bond donors (Lipinski definition) is 2. The highest BCUT2D eigenvalue weighted by atomic mass is 16.5. The molecule has 2 heterocycles. The number of urea groups is 1. The van der Waals surface area contributed by atoms with E-state index in [0.717, 1.165) is 29.8 Å². The Labute approximate surface area is 147 Å². The Morgan fingerprint density at radius 3 is 2.68 bits per heavy atom. The molecule has 0 aliphatic heterocycles. The summed E-state index contributed by atoms with van der Waals surface area (Å²) in [4.78, 5) is 22.8. The minimum atomic E-state index is -0.234. The Morgan fingerprint density at radius 1 is 1.28 bits per heavy atom. The second-order valence-corrected chi connectivity index (χ2v) is 6.33. The number of ether oxygens (including phenoxy) is 1. The minimum absolute atomic E-state index is 0.0527. The molecule has 0 radical (unpaired) electrons. The van der Waals surface area contributed by atoms with Gasteiger partial charge in [0.25, 0.3) is 0 Å². The maximum absolute atomic E-state index is 12.5. The van der Waals surface area contributed by atoms with Gasteiger partial charge >= 0.3 is 6.03 Å². The largest absolute Gasteiger partial charge is 0.481 e. The summed E-state index contributed by atoms with van der Waals surface area (Å²) in [5.41, 5.74) is 2.56. The first kappa shape index (κ1) is 17.0. The van der Waals surface area contributed by atoms with E-state index in [-0.39, 0.29) is 12.1 Å². The lowest BCUT2D eigenvalue weighted by Gasteiger charge is -2.21. The number of aromatic nitrogens is 2. The van der Waals surface area contributed by atoms with Gasteiger partial charge in [-0.05, 0) is 30.4 Å². The number of carbonyl (C=O) groups is 1. The van der Waals surface area contributed by atoms with E-state index in [1.165, 1.54) is 0 Å². The van der Waals surface area contributed by atoms with Crippen LogP contribution in [0.2, 0.25) is 0 Å². The van der Waals surface area contributed by atoms with Crippen LogP contribution in [-0.4, -0.2) is 37.2 Å². The van der Waals surface area contributed by atoms with Crippen molar-refractivity contribution in [2.45, 2.75) is 18.9 Å². The molecule has 7 heteroatoms. The Morgan fingerprint density at radius 2 is 2.08 bits per heavy atom. The van der Waals surface area contributed by atoms with Crippen LogP contribution in [0, 0.1) is 5.92 Å². The van der Waals surface area contributed by atoms with Crippen molar-refractivity contribution < 1.29 is 9.53 Å².